The van der Waals surface area contributed by atoms with E-state index in [9.17, 15) is 4.79 Å². The molecule has 1 N–H and O–H groups in total. The van der Waals surface area contributed by atoms with Crippen LogP contribution in [0.15, 0.2) is 12.2 Å². The Morgan fingerprint density at radius 3 is 1.89 bits per heavy atom. The third-order valence-electron chi connectivity index (χ3n) is 3.10. The van der Waals surface area contributed by atoms with E-state index in [1.165, 1.54) is 6.54 Å². The maximum atomic E-state index is 11.4. The fourth-order valence-corrected chi connectivity index (χ4v) is 12.1. The van der Waals surface area contributed by atoms with Crippen LogP contribution in [0.3, 0.4) is 0 Å². The molecule has 0 rings (SSSR count). The van der Waals surface area contributed by atoms with Crippen molar-refractivity contribution in [3.8, 4) is 0 Å². The highest BCUT2D eigenvalue weighted by atomic mass is 28.4. The Balaban J connectivity index is 4.10. The van der Waals surface area contributed by atoms with Crippen molar-refractivity contribution < 1.29 is 4.79 Å². The fourth-order valence-electron chi connectivity index (χ4n) is 2.42. The van der Waals surface area contributed by atoms with Crippen LogP contribution in [0, 0.1) is 0 Å². The zero-order valence-electron chi connectivity index (χ0n) is 13.9. The lowest BCUT2D eigenvalue weighted by molar-refractivity contribution is -0.117. The van der Waals surface area contributed by atoms with E-state index in [1.54, 1.807) is 6.92 Å². The molecule has 0 saturated heterocycles. The van der Waals surface area contributed by atoms with Gasteiger partial charge in [-0.05, 0) is 26.3 Å². The van der Waals surface area contributed by atoms with E-state index < -0.39 is 16.5 Å². The molecule has 0 bridgehead atoms. The summed E-state index contributed by atoms with van der Waals surface area (Å²) in [7, 11) is -2.46. The molecule has 19 heavy (non-hydrogen) atoms. The Morgan fingerprint density at radius 2 is 1.53 bits per heavy atom. The van der Waals surface area contributed by atoms with Gasteiger partial charge in [0.05, 0.1) is 0 Å². The van der Waals surface area contributed by atoms with Crippen molar-refractivity contribution in [3.63, 3.8) is 0 Å². The minimum atomic E-state index is -1.23. The second-order valence-electron chi connectivity index (χ2n) is 7.24. The lowest BCUT2D eigenvalue weighted by Crippen LogP contribution is -2.59. The van der Waals surface area contributed by atoms with E-state index >= 15 is 0 Å². The van der Waals surface area contributed by atoms with Gasteiger partial charge in [-0.3, -0.25) is 4.79 Å². The zero-order valence-corrected chi connectivity index (χ0v) is 15.9. The summed E-state index contributed by atoms with van der Waals surface area (Å²) in [5.74, 6) is -0.0211. The Hall–Kier alpha value is -0.396. The number of nitrogens with zero attached hydrogens (tertiary/aromatic N) is 1. The quantitative estimate of drug-likeness (QED) is 0.423. The van der Waals surface area contributed by atoms with Crippen LogP contribution < -0.4 is 5.32 Å². The summed E-state index contributed by atoms with van der Waals surface area (Å²) < 4.78 is 2.79. The van der Waals surface area contributed by atoms with Crippen LogP contribution in [0.2, 0.25) is 39.3 Å². The standard InChI is InChI=1S/C14H32N2OSi2/c1-13(2)14(17)15-11-9-10-12-16(18(3,4)5)19(6,7)8/h1,9-12H2,2-8H3,(H,15,17). The summed E-state index contributed by atoms with van der Waals surface area (Å²) in [5, 5.41) is 2.90. The first kappa shape index (κ1) is 18.6. The van der Waals surface area contributed by atoms with Gasteiger partial charge < -0.3 is 9.55 Å². The molecule has 0 aliphatic carbocycles. The van der Waals surface area contributed by atoms with E-state index in [4.69, 9.17) is 0 Å². The Bertz CT molecular complexity index is 302. The molecule has 0 spiro atoms. The number of rotatable bonds is 8. The Labute approximate surface area is 121 Å². The summed E-state index contributed by atoms with van der Waals surface area (Å²) in [6.07, 6.45) is 2.20. The molecule has 112 valence electrons. The Morgan fingerprint density at radius 1 is 1.05 bits per heavy atom. The van der Waals surface area contributed by atoms with Crippen molar-refractivity contribution in [1.29, 1.82) is 0 Å². The van der Waals surface area contributed by atoms with Crippen molar-refractivity contribution in [2.75, 3.05) is 13.1 Å². The molecule has 0 aromatic carbocycles. The summed E-state index contributed by atoms with van der Waals surface area (Å²) >= 11 is 0. The largest absolute Gasteiger partial charge is 0.352 e. The van der Waals surface area contributed by atoms with Gasteiger partial charge in [-0.25, -0.2) is 0 Å². The minimum Gasteiger partial charge on any atom is -0.352 e. The van der Waals surface area contributed by atoms with E-state index in [0.29, 0.717) is 5.57 Å². The Kier molecular flexibility index (Phi) is 7.25. The molecule has 0 aromatic heterocycles. The molecule has 0 radical (unpaired) electrons. The van der Waals surface area contributed by atoms with Crippen LogP contribution >= 0.6 is 0 Å². The lowest BCUT2D eigenvalue weighted by Gasteiger charge is -2.43. The first-order chi connectivity index (χ1) is 8.46. The number of carbonyl (C=O) groups excluding carboxylic acids is 1. The van der Waals surface area contributed by atoms with Gasteiger partial charge in [0, 0.05) is 12.1 Å². The summed E-state index contributed by atoms with van der Waals surface area (Å²) in [5.41, 5.74) is 0.589. The van der Waals surface area contributed by atoms with Gasteiger partial charge in [0.2, 0.25) is 5.91 Å². The highest BCUT2D eigenvalue weighted by Gasteiger charge is 2.33. The minimum absolute atomic E-state index is 0.0211. The predicted octanol–water partition coefficient (Wildman–Crippen LogP) is 3.43. The van der Waals surface area contributed by atoms with Crippen LogP contribution in [0.1, 0.15) is 19.8 Å². The van der Waals surface area contributed by atoms with Gasteiger partial charge in [0.1, 0.15) is 16.5 Å². The third-order valence-corrected chi connectivity index (χ3v) is 10.8. The van der Waals surface area contributed by atoms with Crippen LogP contribution in [0.25, 0.3) is 0 Å². The molecule has 0 saturated carbocycles. The van der Waals surface area contributed by atoms with Crippen LogP contribution in [0.4, 0.5) is 0 Å². The molecule has 0 aliphatic rings. The second kappa shape index (κ2) is 7.40. The number of carbonyl (C=O) groups is 1. The molecular weight excluding hydrogens is 268 g/mol. The van der Waals surface area contributed by atoms with Gasteiger partial charge in [0.25, 0.3) is 0 Å². The van der Waals surface area contributed by atoms with Crippen molar-refractivity contribution >= 4 is 22.4 Å². The highest BCUT2D eigenvalue weighted by molar-refractivity contribution is 6.89. The maximum absolute atomic E-state index is 11.4. The molecule has 0 atom stereocenters. The first-order valence-electron chi connectivity index (χ1n) is 7.17. The van der Waals surface area contributed by atoms with Crippen LogP contribution in [-0.2, 0) is 4.79 Å². The van der Waals surface area contributed by atoms with Gasteiger partial charge in [-0.1, -0.05) is 45.9 Å². The van der Waals surface area contributed by atoms with Crippen molar-refractivity contribution in [3.05, 3.63) is 12.2 Å². The summed E-state index contributed by atoms with van der Waals surface area (Å²) in [6.45, 7) is 21.9. The topological polar surface area (TPSA) is 32.3 Å². The van der Waals surface area contributed by atoms with E-state index in [2.05, 4.69) is 55.4 Å². The van der Waals surface area contributed by atoms with E-state index in [0.717, 1.165) is 19.4 Å². The number of hydrogen-bond acceptors (Lipinski definition) is 2. The summed E-state index contributed by atoms with van der Waals surface area (Å²) in [4.78, 5) is 11.4. The third kappa shape index (κ3) is 7.69. The fraction of sp³-hybridized carbons (Fsp3) is 0.786. The maximum Gasteiger partial charge on any atom is 0.246 e. The van der Waals surface area contributed by atoms with Gasteiger partial charge >= 0.3 is 0 Å². The average molecular weight is 301 g/mol. The number of nitrogens with one attached hydrogen (secondary N) is 1. The van der Waals surface area contributed by atoms with Crippen molar-refractivity contribution in [1.82, 2.24) is 9.55 Å². The highest BCUT2D eigenvalue weighted by Crippen LogP contribution is 2.20. The molecule has 0 fully saturated rings. The van der Waals surface area contributed by atoms with Crippen LogP contribution in [-0.4, -0.2) is 39.7 Å². The van der Waals surface area contributed by atoms with Crippen molar-refractivity contribution in [2.45, 2.75) is 59.0 Å². The zero-order chi connectivity index (χ0) is 15.3. The normalized spacial score (nSPS) is 12.6. The van der Waals surface area contributed by atoms with Gasteiger partial charge in [0.15, 0.2) is 0 Å². The molecule has 3 nitrogen and oxygen atoms in total. The molecule has 0 aromatic rings. The molecule has 0 unspecified atom stereocenters. The molecular formula is C14H32N2OSi2. The first-order valence-corrected chi connectivity index (χ1v) is 14.1. The number of hydrogen-bond donors (Lipinski definition) is 1. The number of amides is 1. The van der Waals surface area contributed by atoms with E-state index in [1.807, 2.05) is 0 Å². The number of unbranched alkanes of at least 4 members (excludes halogenated alkanes) is 1. The lowest BCUT2D eigenvalue weighted by atomic mass is 10.3. The molecule has 5 heteroatoms. The molecule has 0 aliphatic heterocycles. The van der Waals surface area contributed by atoms with Gasteiger partial charge in [-0.15, -0.1) is 0 Å². The predicted molar refractivity (Wildman–Crippen MR) is 90.5 cm³/mol. The monoisotopic (exact) mass is 300 g/mol. The van der Waals surface area contributed by atoms with Gasteiger partial charge in [-0.2, -0.15) is 0 Å². The van der Waals surface area contributed by atoms with E-state index in [-0.39, 0.29) is 5.91 Å². The smallest absolute Gasteiger partial charge is 0.246 e. The second-order valence-corrected chi connectivity index (χ2v) is 17.4. The summed E-state index contributed by atoms with van der Waals surface area (Å²) in [6, 6.07) is 0. The van der Waals surface area contributed by atoms with Crippen LogP contribution in [0.5, 0.6) is 0 Å². The molecule has 1 amide bonds. The average Bonchev–Trinajstić information content (AvgIpc) is 2.18. The SMILES string of the molecule is C=C(C)C(=O)NCCCCN([Si](C)(C)C)[Si](C)(C)C. The van der Waals surface area contributed by atoms with Crippen molar-refractivity contribution in [2.24, 2.45) is 0 Å². The molecule has 0 heterocycles.